The number of carbonyl (C=O) groups excluding carboxylic acids is 3. The van der Waals surface area contributed by atoms with Crippen LogP contribution in [0.4, 0.5) is 4.79 Å². The van der Waals surface area contributed by atoms with Crippen molar-refractivity contribution in [3.63, 3.8) is 0 Å². The zero-order valence-electron chi connectivity index (χ0n) is 17.0. The number of benzene rings is 1. The normalized spacial score (nSPS) is 10.6. The topological polar surface area (TPSA) is 115 Å². The fourth-order valence-electron chi connectivity index (χ4n) is 2.14. The van der Waals surface area contributed by atoms with Gasteiger partial charge >= 0.3 is 6.09 Å². The molecule has 0 fully saturated rings. The van der Waals surface area contributed by atoms with Gasteiger partial charge in [-0.15, -0.1) is 0 Å². The van der Waals surface area contributed by atoms with Gasteiger partial charge in [0.2, 0.25) is 5.91 Å². The molecule has 3 N–H and O–H groups in total. The van der Waals surface area contributed by atoms with E-state index in [9.17, 15) is 14.4 Å². The van der Waals surface area contributed by atoms with Crippen molar-refractivity contribution in [2.24, 2.45) is 0 Å². The lowest BCUT2D eigenvalue weighted by Crippen LogP contribution is -2.37. The van der Waals surface area contributed by atoms with Crippen LogP contribution in [0.15, 0.2) is 18.2 Å². The Balaban J connectivity index is 2.26. The zero-order chi connectivity index (χ0) is 21.2. The van der Waals surface area contributed by atoms with E-state index < -0.39 is 11.7 Å². The van der Waals surface area contributed by atoms with E-state index >= 15 is 0 Å². The number of hydrogen-bond acceptors (Lipinski definition) is 6. The third kappa shape index (κ3) is 8.61. The Labute approximate surface area is 165 Å². The number of hydrogen-bond donors (Lipinski definition) is 3. The molecule has 1 aromatic rings. The van der Waals surface area contributed by atoms with E-state index in [2.05, 4.69) is 16.0 Å². The quantitative estimate of drug-likeness (QED) is 0.546. The maximum atomic E-state index is 12.1. The molecule has 1 rings (SSSR count). The van der Waals surface area contributed by atoms with E-state index in [-0.39, 0.29) is 37.9 Å². The number of methoxy groups -OCH3 is 2. The van der Waals surface area contributed by atoms with Gasteiger partial charge < -0.3 is 30.2 Å². The average molecular weight is 395 g/mol. The van der Waals surface area contributed by atoms with Gasteiger partial charge in [-0.1, -0.05) is 0 Å². The van der Waals surface area contributed by atoms with E-state index in [1.165, 1.54) is 14.2 Å². The molecular weight excluding hydrogens is 366 g/mol. The Kier molecular flexibility index (Phi) is 9.07. The van der Waals surface area contributed by atoms with Gasteiger partial charge in [-0.25, -0.2) is 4.79 Å². The number of nitrogens with one attached hydrogen (secondary N) is 3. The number of alkyl carbamates (subject to hydrolysis) is 1. The van der Waals surface area contributed by atoms with Crippen molar-refractivity contribution in [3.05, 3.63) is 23.8 Å². The number of carbonyl (C=O) groups is 3. The molecule has 0 radical (unpaired) electrons. The highest BCUT2D eigenvalue weighted by Crippen LogP contribution is 2.27. The molecule has 9 nitrogen and oxygen atoms in total. The number of ether oxygens (including phenoxy) is 3. The fraction of sp³-hybridized carbons (Fsp3) is 0.526. The van der Waals surface area contributed by atoms with Crippen LogP contribution in [0.5, 0.6) is 11.5 Å². The molecule has 0 saturated heterocycles. The molecule has 9 heteroatoms. The summed E-state index contributed by atoms with van der Waals surface area (Å²) in [5.74, 6) is 0.463. The van der Waals surface area contributed by atoms with Crippen molar-refractivity contribution >= 4 is 17.9 Å². The predicted octanol–water partition coefficient (Wildman–Crippen LogP) is 1.46. The molecule has 0 aliphatic heterocycles. The maximum absolute atomic E-state index is 12.1. The first kappa shape index (κ1) is 23.1. The van der Waals surface area contributed by atoms with Crippen LogP contribution in [0.25, 0.3) is 0 Å². The van der Waals surface area contributed by atoms with Crippen LogP contribution in [-0.4, -0.2) is 57.4 Å². The molecule has 0 heterocycles. The van der Waals surface area contributed by atoms with Gasteiger partial charge in [0, 0.05) is 31.6 Å². The van der Waals surface area contributed by atoms with Gasteiger partial charge in [0.15, 0.2) is 11.5 Å². The van der Waals surface area contributed by atoms with E-state index in [4.69, 9.17) is 14.2 Å². The minimum atomic E-state index is -0.585. The first-order valence-corrected chi connectivity index (χ1v) is 8.90. The van der Waals surface area contributed by atoms with Crippen LogP contribution in [0.1, 0.15) is 37.6 Å². The number of amides is 3. The summed E-state index contributed by atoms with van der Waals surface area (Å²) in [5, 5.41) is 7.87. The molecule has 0 saturated carbocycles. The molecule has 28 heavy (non-hydrogen) atoms. The van der Waals surface area contributed by atoms with Gasteiger partial charge in [0.25, 0.3) is 5.91 Å². The molecule has 0 unspecified atom stereocenters. The Bertz CT molecular complexity index is 685. The van der Waals surface area contributed by atoms with Crippen molar-refractivity contribution < 1.29 is 28.6 Å². The second kappa shape index (κ2) is 11.0. The summed E-state index contributed by atoms with van der Waals surface area (Å²) in [5.41, 5.74) is -0.163. The Morgan fingerprint density at radius 3 is 2.14 bits per heavy atom. The third-order valence-corrected chi connectivity index (χ3v) is 3.40. The van der Waals surface area contributed by atoms with Crippen molar-refractivity contribution in [1.82, 2.24) is 16.0 Å². The molecule has 0 aliphatic rings. The smallest absolute Gasteiger partial charge is 0.407 e. The van der Waals surface area contributed by atoms with E-state index in [0.717, 1.165) is 0 Å². The summed E-state index contributed by atoms with van der Waals surface area (Å²) in [4.78, 5) is 35.3. The van der Waals surface area contributed by atoms with Gasteiger partial charge in [-0.05, 0) is 39.0 Å². The van der Waals surface area contributed by atoms with Gasteiger partial charge in [-0.2, -0.15) is 0 Å². The highest BCUT2D eigenvalue weighted by Gasteiger charge is 2.16. The van der Waals surface area contributed by atoms with Gasteiger partial charge in [0.1, 0.15) is 5.60 Å². The first-order chi connectivity index (χ1) is 13.2. The monoisotopic (exact) mass is 395 g/mol. The lowest BCUT2D eigenvalue weighted by Gasteiger charge is -2.19. The summed E-state index contributed by atoms with van der Waals surface area (Å²) >= 11 is 0. The molecule has 0 atom stereocenters. The van der Waals surface area contributed by atoms with E-state index in [0.29, 0.717) is 17.1 Å². The van der Waals surface area contributed by atoms with Crippen molar-refractivity contribution in [2.75, 3.05) is 33.9 Å². The van der Waals surface area contributed by atoms with Crippen LogP contribution in [-0.2, 0) is 9.53 Å². The molecule has 0 aliphatic carbocycles. The second-order valence-corrected chi connectivity index (χ2v) is 6.85. The SMILES string of the molecule is COc1ccc(C(=O)NCCNC(=O)CCNC(=O)OC(C)(C)C)cc1OC. The minimum Gasteiger partial charge on any atom is -0.493 e. The largest absolute Gasteiger partial charge is 0.493 e. The lowest BCUT2D eigenvalue weighted by atomic mass is 10.2. The maximum Gasteiger partial charge on any atom is 0.407 e. The van der Waals surface area contributed by atoms with Crippen LogP contribution < -0.4 is 25.4 Å². The summed E-state index contributed by atoms with van der Waals surface area (Å²) in [7, 11) is 3.01. The molecule has 0 spiro atoms. The minimum absolute atomic E-state index is 0.114. The van der Waals surface area contributed by atoms with Gasteiger partial charge in [0.05, 0.1) is 14.2 Å². The molecule has 3 amide bonds. The summed E-state index contributed by atoms with van der Waals surface area (Å²) in [6.07, 6.45) is -0.453. The molecule has 1 aromatic carbocycles. The van der Waals surface area contributed by atoms with Crippen LogP contribution >= 0.6 is 0 Å². The highest BCUT2D eigenvalue weighted by molar-refractivity contribution is 5.94. The average Bonchev–Trinajstić information content (AvgIpc) is 2.62. The first-order valence-electron chi connectivity index (χ1n) is 8.90. The van der Waals surface area contributed by atoms with Crippen LogP contribution in [0.2, 0.25) is 0 Å². The van der Waals surface area contributed by atoms with E-state index in [1.54, 1.807) is 39.0 Å². The second-order valence-electron chi connectivity index (χ2n) is 6.85. The molecule has 0 aromatic heterocycles. The molecule has 0 bridgehead atoms. The highest BCUT2D eigenvalue weighted by atomic mass is 16.6. The van der Waals surface area contributed by atoms with Crippen molar-refractivity contribution in [3.8, 4) is 11.5 Å². The van der Waals surface area contributed by atoms with Crippen molar-refractivity contribution in [2.45, 2.75) is 32.8 Å². The lowest BCUT2D eigenvalue weighted by molar-refractivity contribution is -0.120. The van der Waals surface area contributed by atoms with Crippen LogP contribution in [0, 0.1) is 0 Å². The summed E-state index contributed by atoms with van der Waals surface area (Å²) < 4.78 is 15.4. The standard InChI is InChI=1S/C19H29N3O6/c1-19(2,3)28-18(25)22-9-8-16(23)20-10-11-21-17(24)13-6-7-14(26-4)15(12-13)27-5/h6-7,12H,8-11H2,1-5H3,(H,20,23)(H,21,24)(H,22,25). The van der Waals surface area contributed by atoms with Crippen molar-refractivity contribution in [1.29, 1.82) is 0 Å². The summed E-state index contributed by atoms with van der Waals surface area (Å²) in [6, 6.07) is 4.85. The third-order valence-electron chi connectivity index (χ3n) is 3.40. The Hall–Kier alpha value is -2.97. The Morgan fingerprint density at radius 1 is 0.893 bits per heavy atom. The fourth-order valence-corrected chi connectivity index (χ4v) is 2.14. The zero-order valence-corrected chi connectivity index (χ0v) is 17.0. The summed E-state index contributed by atoms with van der Waals surface area (Å²) in [6.45, 7) is 5.97. The predicted molar refractivity (Wildman–Crippen MR) is 104 cm³/mol. The Morgan fingerprint density at radius 2 is 1.54 bits per heavy atom. The molecular formula is C19H29N3O6. The molecule has 156 valence electrons. The number of rotatable bonds is 9. The van der Waals surface area contributed by atoms with E-state index in [1.807, 2.05) is 0 Å². The van der Waals surface area contributed by atoms with Crippen LogP contribution in [0.3, 0.4) is 0 Å². The van der Waals surface area contributed by atoms with Gasteiger partial charge in [-0.3, -0.25) is 9.59 Å².